The van der Waals surface area contributed by atoms with Gasteiger partial charge in [0.25, 0.3) is 5.91 Å². The van der Waals surface area contributed by atoms with Crippen molar-refractivity contribution >= 4 is 29.1 Å². The van der Waals surface area contributed by atoms with E-state index < -0.39 is 11.6 Å². The van der Waals surface area contributed by atoms with Crippen LogP contribution in [0.3, 0.4) is 0 Å². The number of carbonyl (C=O) groups excluding carboxylic acids is 3. The molecule has 3 rings (SSSR count). The lowest BCUT2D eigenvalue weighted by Crippen LogP contribution is -2.57. The second kappa shape index (κ2) is 10.6. The van der Waals surface area contributed by atoms with Crippen molar-refractivity contribution in [1.82, 2.24) is 20.9 Å². The van der Waals surface area contributed by atoms with Gasteiger partial charge in [0.05, 0.1) is 7.11 Å². The Labute approximate surface area is 175 Å². The zero-order chi connectivity index (χ0) is 22.1. The largest absolute Gasteiger partial charge is 0.497 e. The van der Waals surface area contributed by atoms with E-state index in [0.717, 1.165) is 30.0 Å². The number of urea groups is 1. The molecule has 1 aromatic carbocycles. The molecule has 1 aliphatic carbocycles. The van der Waals surface area contributed by atoms with Crippen LogP contribution >= 0.6 is 0 Å². The van der Waals surface area contributed by atoms with E-state index in [4.69, 9.17) is 4.74 Å². The first-order valence-electron chi connectivity index (χ1n) is 9.74. The average Bonchev–Trinajstić information content (AvgIpc) is 3.36. The number of hydrogen-bond acceptors (Lipinski definition) is 5. The van der Waals surface area contributed by atoms with Crippen LogP contribution in [-0.4, -0.2) is 63.7 Å². The number of hydrogen-bond donors (Lipinski definition) is 4. The smallest absolute Gasteiger partial charge is 0.315 e. The molecule has 9 nitrogen and oxygen atoms in total. The molecule has 1 aromatic heterocycles. The van der Waals surface area contributed by atoms with Crippen LogP contribution in [-0.2, 0) is 9.53 Å². The zero-order valence-corrected chi connectivity index (χ0v) is 17.8. The maximum Gasteiger partial charge on any atom is 0.315 e. The highest BCUT2D eigenvalue weighted by molar-refractivity contribution is 5.98. The third kappa shape index (κ3) is 5.29. The van der Waals surface area contributed by atoms with Crippen molar-refractivity contribution in [3.8, 4) is 5.75 Å². The molecule has 0 saturated heterocycles. The number of aldehydes is 1. The Morgan fingerprint density at radius 3 is 2.63 bits per heavy atom. The summed E-state index contributed by atoms with van der Waals surface area (Å²) in [6.45, 7) is 0.306. The van der Waals surface area contributed by atoms with Gasteiger partial charge in [0.2, 0.25) is 0 Å². The number of carbonyl (C=O) groups is 3. The Kier molecular flexibility index (Phi) is 8.23. The molecule has 0 bridgehead atoms. The van der Waals surface area contributed by atoms with E-state index in [1.54, 1.807) is 27.4 Å². The number of amides is 3. The second-order valence-corrected chi connectivity index (χ2v) is 7.21. The molecule has 0 spiro atoms. The summed E-state index contributed by atoms with van der Waals surface area (Å²) >= 11 is 0. The molecule has 30 heavy (non-hydrogen) atoms. The quantitative estimate of drug-likeness (QED) is 0.533. The third-order valence-corrected chi connectivity index (χ3v) is 5.24. The van der Waals surface area contributed by atoms with Crippen LogP contribution in [0.15, 0.2) is 24.3 Å². The van der Waals surface area contributed by atoms with Crippen LogP contribution in [0.5, 0.6) is 5.75 Å². The predicted molar refractivity (Wildman–Crippen MR) is 114 cm³/mol. The number of aromatic amines is 1. The van der Waals surface area contributed by atoms with Crippen LogP contribution in [0, 0.1) is 5.92 Å². The van der Waals surface area contributed by atoms with Gasteiger partial charge in [-0.1, -0.05) is 6.42 Å². The van der Waals surface area contributed by atoms with Gasteiger partial charge in [0.15, 0.2) is 0 Å². The standard InChI is InChI=1S/C19H24N4O4.C2H6O/c1-20-18(26)23-19(11-24)7-3-4-13(19)10-21-17(25)16-8-12-5-6-14(27-2)9-15(12)22-16;1-3-2/h5-6,8-9,11,13,22H,3-4,7,10H2,1-2H3,(H,21,25)(H2,20,23,26);1-2H3. The maximum absolute atomic E-state index is 12.5. The van der Waals surface area contributed by atoms with E-state index in [-0.39, 0.29) is 11.8 Å². The van der Waals surface area contributed by atoms with Crippen molar-refractivity contribution in [2.45, 2.75) is 24.8 Å². The lowest BCUT2D eigenvalue weighted by atomic mass is 9.88. The Bertz CT molecular complexity index is 881. The van der Waals surface area contributed by atoms with Crippen LogP contribution < -0.4 is 20.7 Å². The Balaban J connectivity index is 0.00000101. The number of rotatable bonds is 6. The number of fused-ring (bicyclic) bond motifs is 1. The molecule has 4 N–H and O–H groups in total. The summed E-state index contributed by atoms with van der Waals surface area (Å²) in [7, 11) is 6.34. The summed E-state index contributed by atoms with van der Waals surface area (Å²) in [6, 6.07) is 6.91. The van der Waals surface area contributed by atoms with Crippen LogP contribution in [0.25, 0.3) is 10.9 Å². The van der Waals surface area contributed by atoms with Gasteiger partial charge < -0.3 is 35.2 Å². The molecule has 2 atom stereocenters. The molecular formula is C21H30N4O5. The first kappa shape index (κ1) is 23.2. The van der Waals surface area contributed by atoms with Gasteiger partial charge >= 0.3 is 6.03 Å². The molecule has 1 aliphatic rings. The highest BCUT2D eigenvalue weighted by atomic mass is 16.5. The Morgan fingerprint density at radius 1 is 1.27 bits per heavy atom. The van der Waals surface area contributed by atoms with E-state index in [9.17, 15) is 14.4 Å². The molecule has 1 fully saturated rings. The molecule has 0 radical (unpaired) electrons. The first-order chi connectivity index (χ1) is 14.4. The maximum atomic E-state index is 12.5. The highest BCUT2D eigenvalue weighted by Crippen LogP contribution is 2.34. The van der Waals surface area contributed by atoms with Gasteiger partial charge in [-0.05, 0) is 31.0 Å². The van der Waals surface area contributed by atoms with Crippen molar-refractivity contribution in [2.24, 2.45) is 5.92 Å². The van der Waals surface area contributed by atoms with Crippen molar-refractivity contribution in [2.75, 3.05) is 34.9 Å². The summed E-state index contributed by atoms with van der Waals surface area (Å²) in [6.07, 6.45) is 2.93. The van der Waals surface area contributed by atoms with Gasteiger partial charge in [-0.2, -0.15) is 0 Å². The van der Waals surface area contributed by atoms with Gasteiger partial charge in [-0.3, -0.25) is 4.79 Å². The second-order valence-electron chi connectivity index (χ2n) is 7.21. The van der Waals surface area contributed by atoms with Crippen LogP contribution in [0.2, 0.25) is 0 Å². The Hall–Kier alpha value is -3.07. The zero-order valence-electron chi connectivity index (χ0n) is 17.8. The number of aromatic nitrogens is 1. The third-order valence-electron chi connectivity index (χ3n) is 5.24. The molecule has 3 amide bonds. The molecule has 2 aromatic rings. The van der Waals surface area contributed by atoms with Crippen molar-refractivity contribution in [3.63, 3.8) is 0 Å². The van der Waals surface area contributed by atoms with Gasteiger partial charge in [-0.25, -0.2) is 4.79 Å². The number of methoxy groups -OCH3 is 2. The van der Waals surface area contributed by atoms with Gasteiger partial charge in [0.1, 0.15) is 23.3 Å². The minimum absolute atomic E-state index is 0.152. The van der Waals surface area contributed by atoms with E-state index in [0.29, 0.717) is 24.4 Å². The summed E-state index contributed by atoms with van der Waals surface area (Å²) in [5.74, 6) is 0.302. The number of ether oxygens (including phenoxy) is 2. The minimum atomic E-state index is -0.943. The molecule has 1 heterocycles. The van der Waals surface area contributed by atoms with Crippen LogP contribution in [0.4, 0.5) is 4.79 Å². The molecule has 9 heteroatoms. The fraction of sp³-hybridized carbons (Fsp3) is 0.476. The van der Waals surface area contributed by atoms with Gasteiger partial charge in [-0.15, -0.1) is 0 Å². The van der Waals surface area contributed by atoms with Crippen molar-refractivity contribution in [1.29, 1.82) is 0 Å². The molecule has 164 valence electrons. The summed E-state index contributed by atoms with van der Waals surface area (Å²) < 4.78 is 9.44. The van der Waals surface area contributed by atoms with E-state index in [1.165, 1.54) is 7.05 Å². The highest BCUT2D eigenvalue weighted by Gasteiger charge is 2.44. The lowest BCUT2D eigenvalue weighted by molar-refractivity contribution is -0.114. The summed E-state index contributed by atoms with van der Waals surface area (Å²) in [5, 5.41) is 9.01. The van der Waals surface area contributed by atoms with Crippen molar-refractivity contribution in [3.05, 3.63) is 30.0 Å². The molecular weight excluding hydrogens is 388 g/mol. The normalized spacial score (nSPS) is 20.1. The molecule has 2 unspecified atom stereocenters. The SMILES string of the molecule is CNC(=O)NC1(C=O)CCCC1CNC(=O)c1cc2ccc(OC)cc2[nH]1.COC. The number of benzene rings is 1. The summed E-state index contributed by atoms with van der Waals surface area (Å²) in [5.41, 5.74) is 0.303. The fourth-order valence-electron chi connectivity index (χ4n) is 3.68. The van der Waals surface area contributed by atoms with E-state index >= 15 is 0 Å². The molecule has 0 aliphatic heterocycles. The Morgan fingerprint density at radius 2 is 2.00 bits per heavy atom. The number of nitrogens with one attached hydrogen (secondary N) is 4. The summed E-state index contributed by atoms with van der Waals surface area (Å²) in [4.78, 5) is 39.0. The van der Waals surface area contributed by atoms with Crippen LogP contribution in [0.1, 0.15) is 29.8 Å². The molecule has 1 saturated carbocycles. The first-order valence-corrected chi connectivity index (χ1v) is 9.74. The lowest BCUT2D eigenvalue weighted by Gasteiger charge is -2.31. The van der Waals surface area contributed by atoms with Crippen molar-refractivity contribution < 1.29 is 23.9 Å². The van der Waals surface area contributed by atoms with E-state index in [2.05, 4.69) is 25.7 Å². The topological polar surface area (TPSA) is 122 Å². The predicted octanol–water partition coefficient (Wildman–Crippen LogP) is 1.84. The van der Waals surface area contributed by atoms with Gasteiger partial charge in [0, 0.05) is 50.7 Å². The number of H-pyrrole nitrogens is 1. The monoisotopic (exact) mass is 418 g/mol. The van der Waals surface area contributed by atoms with E-state index in [1.807, 2.05) is 18.2 Å². The minimum Gasteiger partial charge on any atom is -0.497 e. The average molecular weight is 418 g/mol. The fourth-order valence-corrected chi connectivity index (χ4v) is 3.68.